The summed E-state index contributed by atoms with van der Waals surface area (Å²) in [5.74, 6) is 0. The molecule has 1 saturated carbocycles. The highest BCUT2D eigenvalue weighted by Gasteiger charge is 2.20. The predicted molar refractivity (Wildman–Crippen MR) is 60.5 cm³/mol. The maximum atomic E-state index is 3.57. The third-order valence-corrected chi connectivity index (χ3v) is 2.99. The van der Waals surface area contributed by atoms with Crippen LogP contribution in [0.25, 0.3) is 0 Å². The maximum absolute atomic E-state index is 3.57. The van der Waals surface area contributed by atoms with Gasteiger partial charge in [0.05, 0.1) is 0 Å². The summed E-state index contributed by atoms with van der Waals surface area (Å²) in [5.41, 5.74) is 5.71. The van der Waals surface area contributed by atoms with Crippen LogP contribution >= 0.6 is 0 Å². The lowest BCUT2D eigenvalue weighted by molar-refractivity contribution is 0.682. The molecule has 0 radical (unpaired) electrons. The largest absolute Gasteiger partial charge is 0.310 e. The first-order chi connectivity index (χ1) is 6.66. The summed E-state index contributed by atoms with van der Waals surface area (Å²) in [4.78, 5) is 0. The molecule has 1 fully saturated rings. The topological polar surface area (TPSA) is 12.0 Å². The zero-order valence-electron chi connectivity index (χ0n) is 9.35. The van der Waals surface area contributed by atoms with Gasteiger partial charge in [-0.15, -0.1) is 0 Å². The molecule has 0 unspecified atom stereocenters. The smallest absolute Gasteiger partial charge is 0.0213 e. The molecule has 1 heteroatoms. The summed E-state index contributed by atoms with van der Waals surface area (Å²) in [5, 5.41) is 3.57. The Morgan fingerprint density at radius 3 is 2.21 bits per heavy atom. The third kappa shape index (κ3) is 2.16. The molecule has 2 rings (SSSR count). The van der Waals surface area contributed by atoms with Gasteiger partial charge in [-0.05, 0) is 50.3 Å². The van der Waals surface area contributed by atoms with Crippen LogP contribution in [0.1, 0.15) is 35.1 Å². The molecule has 1 aliphatic rings. The SMILES string of the molecule is Cc1cc(C)c(CNC2CC2)c(C)c1. The zero-order chi connectivity index (χ0) is 10.1. The minimum Gasteiger partial charge on any atom is -0.310 e. The number of benzene rings is 1. The third-order valence-electron chi connectivity index (χ3n) is 2.99. The fraction of sp³-hybridized carbons (Fsp3) is 0.538. The van der Waals surface area contributed by atoms with Gasteiger partial charge in [-0.2, -0.15) is 0 Å². The summed E-state index contributed by atoms with van der Waals surface area (Å²) in [6.45, 7) is 7.63. The number of rotatable bonds is 3. The van der Waals surface area contributed by atoms with Crippen molar-refractivity contribution in [1.29, 1.82) is 0 Å². The van der Waals surface area contributed by atoms with Gasteiger partial charge in [-0.1, -0.05) is 17.7 Å². The van der Waals surface area contributed by atoms with E-state index in [-0.39, 0.29) is 0 Å². The fourth-order valence-corrected chi connectivity index (χ4v) is 2.02. The number of hydrogen-bond acceptors (Lipinski definition) is 1. The second-order valence-corrected chi connectivity index (χ2v) is 4.53. The molecular formula is C13H19N. The van der Waals surface area contributed by atoms with Crippen LogP contribution in [-0.2, 0) is 6.54 Å². The Morgan fingerprint density at radius 1 is 1.14 bits per heavy atom. The van der Waals surface area contributed by atoms with Crippen LogP contribution in [0.2, 0.25) is 0 Å². The molecule has 0 aromatic heterocycles. The molecule has 1 aromatic carbocycles. The van der Waals surface area contributed by atoms with Gasteiger partial charge >= 0.3 is 0 Å². The Morgan fingerprint density at radius 2 is 1.71 bits per heavy atom. The highest BCUT2D eigenvalue weighted by atomic mass is 14.9. The van der Waals surface area contributed by atoms with Crippen molar-refractivity contribution >= 4 is 0 Å². The maximum Gasteiger partial charge on any atom is 0.0213 e. The van der Waals surface area contributed by atoms with Gasteiger partial charge in [-0.3, -0.25) is 0 Å². The number of nitrogens with one attached hydrogen (secondary N) is 1. The van der Waals surface area contributed by atoms with Crippen LogP contribution < -0.4 is 5.32 Å². The first-order valence-corrected chi connectivity index (χ1v) is 5.47. The molecule has 0 atom stereocenters. The molecule has 0 aliphatic heterocycles. The second-order valence-electron chi connectivity index (χ2n) is 4.53. The summed E-state index contributed by atoms with van der Waals surface area (Å²) >= 11 is 0. The van der Waals surface area contributed by atoms with E-state index in [0.29, 0.717) is 0 Å². The van der Waals surface area contributed by atoms with Crippen molar-refractivity contribution in [3.8, 4) is 0 Å². The molecule has 1 nitrogen and oxygen atoms in total. The molecule has 0 bridgehead atoms. The fourth-order valence-electron chi connectivity index (χ4n) is 2.02. The van der Waals surface area contributed by atoms with Crippen molar-refractivity contribution in [1.82, 2.24) is 5.32 Å². The second kappa shape index (κ2) is 3.74. The minimum absolute atomic E-state index is 0.801. The van der Waals surface area contributed by atoms with E-state index in [4.69, 9.17) is 0 Å². The lowest BCUT2D eigenvalue weighted by atomic mass is 10.00. The standard InChI is InChI=1S/C13H19N/c1-9-6-10(2)13(11(3)7-9)8-14-12-4-5-12/h6-7,12,14H,4-5,8H2,1-3H3. The van der Waals surface area contributed by atoms with Crippen molar-refractivity contribution in [3.63, 3.8) is 0 Å². The van der Waals surface area contributed by atoms with Crippen LogP contribution in [0.15, 0.2) is 12.1 Å². The van der Waals surface area contributed by atoms with Crippen molar-refractivity contribution in [3.05, 3.63) is 34.4 Å². The van der Waals surface area contributed by atoms with Gasteiger partial charge in [-0.25, -0.2) is 0 Å². The molecule has 1 aliphatic carbocycles. The molecule has 0 amide bonds. The first kappa shape index (κ1) is 9.72. The van der Waals surface area contributed by atoms with E-state index in [2.05, 4.69) is 38.2 Å². The normalized spacial score (nSPS) is 15.9. The van der Waals surface area contributed by atoms with Gasteiger partial charge in [0.2, 0.25) is 0 Å². The van der Waals surface area contributed by atoms with Crippen molar-refractivity contribution in [2.75, 3.05) is 0 Å². The summed E-state index contributed by atoms with van der Waals surface area (Å²) in [6.07, 6.45) is 2.73. The predicted octanol–water partition coefficient (Wildman–Crippen LogP) is 2.86. The van der Waals surface area contributed by atoms with E-state index in [1.54, 1.807) is 0 Å². The molecule has 0 heterocycles. The van der Waals surface area contributed by atoms with Gasteiger partial charge in [0, 0.05) is 12.6 Å². The Labute approximate surface area is 86.5 Å². The molecule has 14 heavy (non-hydrogen) atoms. The van der Waals surface area contributed by atoms with Gasteiger partial charge < -0.3 is 5.32 Å². The molecule has 1 N–H and O–H groups in total. The molecular weight excluding hydrogens is 170 g/mol. The highest BCUT2D eigenvalue weighted by molar-refractivity contribution is 5.37. The van der Waals surface area contributed by atoms with E-state index in [1.807, 2.05) is 0 Å². The van der Waals surface area contributed by atoms with E-state index >= 15 is 0 Å². The van der Waals surface area contributed by atoms with Crippen LogP contribution in [0, 0.1) is 20.8 Å². The van der Waals surface area contributed by atoms with Gasteiger partial charge in [0.25, 0.3) is 0 Å². The average Bonchev–Trinajstić information content (AvgIpc) is 2.85. The molecule has 76 valence electrons. The van der Waals surface area contributed by atoms with E-state index in [0.717, 1.165) is 12.6 Å². The quantitative estimate of drug-likeness (QED) is 0.771. The van der Waals surface area contributed by atoms with Crippen LogP contribution in [0.5, 0.6) is 0 Å². The number of aryl methyl sites for hydroxylation is 3. The Hall–Kier alpha value is -0.820. The van der Waals surface area contributed by atoms with E-state index in [1.165, 1.54) is 35.1 Å². The lowest BCUT2D eigenvalue weighted by Crippen LogP contribution is -2.17. The summed E-state index contributed by atoms with van der Waals surface area (Å²) in [7, 11) is 0. The van der Waals surface area contributed by atoms with Crippen LogP contribution in [-0.4, -0.2) is 6.04 Å². The monoisotopic (exact) mass is 189 g/mol. The highest BCUT2D eigenvalue weighted by Crippen LogP contribution is 2.21. The molecule has 0 saturated heterocycles. The minimum atomic E-state index is 0.801. The van der Waals surface area contributed by atoms with Crippen LogP contribution in [0.3, 0.4) is 0 Å². The first-order valence-electron chi connectivity index (χ1n) is 5.47. The molecule has 0 spiro atoms. The van der Waals surface area contributed by atoms with Gasteiger partial charge in [0.15, 0.2) is 0 Å². The molecule has 1 aromatic rings. The average molecular weight is 189 g/mol. The van der Waals surface area contributed by atoms with Crippen molar-refractivity contribution < 1.29 is 0 Å². The zero-order valence-corrected chi connectivity index (χ0v) is 9.35. The van der Waals surface area contributed by atoms with Crippen LogP contribution in [0.4, 0.5) is 0 Å². The van der Waals surface area contributed by atoms with E-state index in [9.17, 15) is 0 Å². The summed E-state index contributed by atoms with van der Waals surface area (Å²) in [6, 6.07) is 5.35. The van der Waals surface area contributed by atoms with Crippen molar-refractivity contribution in [2.45, 2.75) is 46.2 Å². The summed E-state index contributed by atoms with van der Waals surface area (Å²) < 4.78 is 0. The Bertz CT molecular complexity index is 314. The van der Waals surface area contributed by atoms with Gasteiger partial charge in [0.1, 0.15) is 0 Å². The number of hydrogen-bond donors (Lipinski definition) is 1. The Balaban J connectivity index is 2.13. The van der Waals surface area contributed by atoms with E-state index < -0.39 is 0 Å². The van der Waals surface area contributed by atoms with Crippen molar-refractivity contribution in [2.24, 2.45) is 0 Å². The Kier molecular flexibility index (Phi) is 2.60. The lowest BCUT2D eigenvalue weighted by Gasteiger charge is -2.11.